The highest BCUT2D eigenvalue weighted by molar-refractivity contribution is 7.99. The summed E-state index contributed by atoms with van der Waals surface area (Å²) in [5.74, 6) is 2.03. The van der Waals surface area contributed by atoms with E-state index in [9.17, 15) is 4.79 Å². The quantitative estimate of drug-likeness (QED) is 0.549. The van der Waals surface area contributed by atoms with Crippen LogP contribution in [0.5, 0.6) is 5.75 Å². The summed E-state index contributed by atoms with van der Waals surface area (Å²) in [5, 5.41) is 8.54. The van der Waals surface area contributed by atoms with E-state index in [0.717, 1.165) is 28.3 Å². The van der Waals surface area contributed by atoms with Gasteiger partial charge in [-0.3, -0.25) is 4.79 Å². The maximum Gasteiger partial charge on any atom is 0.316 e. The van der Waals surface area contributed by atoms with Crippen LogP contribution >= 0.6 is 11.8 Å². The van der Waals surface area contributed by atoms with Gasteiger partial charge in [-0.2, -0.15) is 0 Å². The van der Waals surface area contributed by atoms with Gasteiger partial charge in [0.2, 0.25) is 5.89 Å². The first kappa shape index (κ1) is 20.0. The van der Waals surface area contributed by atoms with E-state index in [0.29, 0.717) is 24.7 Å². The number of benzene rings is 2. The zero-order valence-corrected chi connectivity index (χ0v) is 16.7. The van der Waals surface area contributed by atoms with Crippen LogP contribution in [0.4, 0.5) is 0 Å². The predicted octanol–water partition coefficient (Wildman–Crippen LogP) is 4.98. The van der Waals surface area contributed by atoms with Crippen molar-refractivity contribution in [1.82, 2.24) is 4.98 Å². The number of hydrogen-bond acceptors (Lipinski definition) is 5. The van der Waals surface area contributed by atoms with Crippen LogP contribution in [0.15, 0.2) is 59.0 Å². The topological polar surface area (TPSA) is 72.6 Å². The molecule has 6 heteroatoms. The lowest BCUT2D eigenvalue weighted by atomic mass is 10.2. The number of thioether (sulfide) groups is 1. The molecule has 3 rings (SSSR count). The molecule has 0 aliphatic rings. The van der Waals surface area contributed by atoms with Gasteiger partial charge in [-0.15, -0.1) is 11.8 Å². The van der Waals surface area contributed by atoms with Crippen LogP contribution in [0.2, 0.25) is 0 Å². The molecule has 0 bridgehead atoms. The van der Waals surface area contributed by atoms with Crippen LogP contribution in [0.25, 0.3) is 11.5 Å². The zero-order chi connectivity index (χ0) is 19.9. The maximum atomic E-state index is 10.9. The van der Waals surface area contributed by atoms with Gasteiger partial charge in [-0.05, 0) is 43.7 Å². The summed E-state index contributed by atoms with van der Waals surface area (Å²) >= 11 is 1.39. The highest BCUT2D eigenvalue weighted by atomic mass is 32.2. The number of carboxylic acid groups (broad SMARTS) is 1. The molecular weight excluding hydrogens is 374 g/mol. The van der Waals surface area contributed by atoms with Crippen LogP contribution in [0, 0.1) is 6.92 Å². The van der Waals surface area contributed by atoms with Crippen LogP contribution in [0.1, 0.15) is 23.9 Å². The van der Waals surface area contributed by atoms with Gasteiger partial charge in [0.25, 0.3) is 0 Å². The molecule has 28 heavy (non-hydrogen) atoms. The standard InChI is InChI=1S/C22H23NO4S/c1-15-20(23-21(27-15)18-8-4-3-5-9-18)11-12-26-19-10-6-7-17(13-19)14-28-16(2)22(24)25/h3-10,13,16H,11-12,14H2,1-2H3,(H,24,25). The van der Waals surface area contributed by atoms with Crippen molar-refractivity contribution >= 4 is 17.7 Å². The minimum atomic E-state index is -0.796. The van der Waals surface area contributed by atoms with Gasteiger partial charge in [-0.25, -0.2) is 4.98 Å². The van der Waals surface area contributed by atoms with Gasteiger partial charge in [0, 0.05) is 17.7 Å². The van der Waals surface area contributed by atoms with E-state index in [2.05, 4.69) is 4.98 Å². The van der Waals surface area contributed by atoms with Crippen LogP contribution in [-0.2, 0) is 17.0 Å². The fraction of sp³-hybridized carbons (Fsp3) is 0.273. The average molecular weight is 397 g/mol. The number of rotatable bonds is 9. The number of ether oxygens (including phenoxy) is 1. The third-order valence-electron chi connectivity index (χ3n) is 4.27. The van der Waals surface area contributed by atoms with E-state index in [1.165, 1.54) is 11.8 Å². The Morgan fingerprint density at radius 1 is 1.21 bits per heavy atom. The second-order valence-corrected chi connectivity index (χ2v) is 7.75. The van der Waals surface area contributed by atoms with Crippen molar-refractivity contribution in [3.05, 3.63) is 71.6 Å². The lowest BCUT2D eigenvalue weighted by Gasteiger charge is -2.09. The summed E-state index contributed by atoms with van der Waals surface area (Å²) in [6.45, 7) is 4.09. The molecule has 0 aliphatic heterocycles. The molecule has 0 radical (unpaired) electrons. The first-order chi connectivity index (χ1) is 13.5. The molecule has 0 amide bonds. The van der Waals surface area contributed by atoms with Crippen molar-refractivity contribution in [3.63, 3.8) is 0 Å². The Labute approximate surface area is 168 Å². The van der Waals surface area contributed by atoms with Crippen LogP contribution in [0.3, 0.4) is 0 Å². The summed E-state index contributed by atoms with van der Waals surface area (Å²) in [6.07, 6.45) is 0.650. The highest BCUT2D eigenvalue weighted by Gasteiger charge is 2.12. The Morgan fingerprint density at radius 2 is 2.00 bits per heavy atom. The minimum Gasteiger partial charge on any atom is -0.493 e. The third-order valence-corrected chi connectivity index (χ3v) is 5.47. The summed E-state index contributed by atoms with van der Waals surface area (Å²) in [5.41, 5.74) is 2.89. The fourth-order valence-corrected chi connectivity index (χ4v) is 3.41. The lowest BCUT2D eigenvalue weighted by molar-refractivity contribution is -0.136. The Bertz CT molecular complexity index is 923. The van der Waals surface area contributed by atoms with Crippen molar-refractivity contribution in [2.75, 3.05) is 6.61 Å². The fourth-order valence-electron chi connectivity index (χ4n) is 2.65. The Hall–Kier alpha value is -2.73. The molecule has 1 N–H and O–H groups in total. The molecule has 3 aromatic rings. The van der Waals surface area contributed by atoms with Crippen molar-refractivity contribution in [1.29, 1.82) is 0 Å². The molecule has 0 saturated carbocycles. The summed E-state index contributed by atoms with van der Waals surface area (Å²) < 4.78 is 11.6. The van der Waals surface area contributed by atoms with Gasteiger partial charge in [-0.1, -0.05) is 30.3 Å². The van der Waals surface area contributed by atoms with E-state index < -0.39 is 11.2 Å². The van der Waals surface area contributed by atoms with E-state index in [1.54, 1.807) is 6.92 Å². The maximum absolute atomic E-state index is 10.9. The molecular formula is C22H23NO4S. The Kier molecular flexibility index (Phi) is 6.76. The van der Waals surface area contributed by atoms with Crippen molar-refractivity contribution in [3.8, 4) is 17.2 Å². The number of aliphatic carboxylic acids is 1. The monoisotopic (exact) mass is 397 g/mol. The van der Waals surface area contributed by atoms with Gasteiger partial charge in [0.05, 0.1) is 17.6 Å². The summed E-state index contributed by atoms with van der Waals surface area (Å²) in [6, 6.07) is 17.6. The molecule has 1 atom stereocenters. The molecule has 1 unspecified atom stereocenters. The SMILES string of the molecule is Cc1oc(-c2ccccc2)nc1CCOc1cccc(CSC(C)C(=O)O)c1. The molecule has 1 aromatic heterocycles. The number of carboxylic acids is 1. The molecule has 0 fully saturated rings. The molecule has 0 saturated heterocycles. The van der Waals surface area contributed by atoms with Crippen molar-refractivity contribution in [2.45, 2.75) is 31.3 Å². The number of aromatic nitrogens is 1. The van der Waals surface area contributed by atoms with Gasteiger partial charge in [0.15, 0.2) is 0 Å². The molecule has 146 valence electrons. The second-order valence-electron chi connectivity index (χ2n) is 6.43. The summed E-state index contributed by atoms with van der Waals surface area (Å²) in [4.78, 5) is 15.5. The second kappa shape index (κ2) is 9.46. The van der Waals surface area contributed by atoms with Crippen LogP contribution < -0.4 is 4.74 Å². The Balaban J connectivity index is 1.55. The van der Waals surface area contributed by atoms with Crippen molar-refractivity contribution < 1.29 is 19.1 Å². The largest absolute Gasteiger partial charge is 0.493 e. The van der Waals surface area contributed by atoms with E-state index in [-0.39, 0.29) is 0 Å². The first-order valence-electron chi connectivity index (χ1n) is 9.11. The van der Waals surface area contributed by atoms with Gasteiger partial charge < -0.3 is 14.3 Å². The van der Waals surface area contributed by atoms with Gasteiger partial charge >= 0.3 is 5.97 Å². The minimum absolute atomic E-state index is 0.432. The number of aryl methyl sites for hydroxylation is 1. The van der Waals surface area contributed by atoms with Gasteiger partial charge in [0.1, 0.15) is 11.5 Å². The predicted molar refractivity (Wildman–Crippen MR) is 111 cm³/mol. The molecule has 0 spiro atoms. The van der Waals surface area contributed by atoms with E-state index in [1.807, 2.05) is 61.5 Å². The Morgan fingerprint density at radius 3 is 2.75 bits per heavy atom. The summed E-state index contributed by atoms with van der Waals surface area (Å²) in [7, 11) is 0. The average Bonchev–Trinajstić information content (AvgIpc) is 3.08. The molecule has 1 heterocycles. The third kappa shape index (κ3) is 5.39. The molecule has 0 aliphatic carbocycles. The normalized spacial score (nSPS) is 11.9. The molecule has 5 nitrogen and oxygen atoms in total. The van der Waals surface area contributed by atoms with E-state index >= 15 is 0 Å². The van der Waals surface area contributed by atoms with E-state index in [4.69, 9.17) is 14.3 Å². The van der Waals surface area contributed by atoms with Crippen LogP contribution in [-0.4, -0.2) is 27.9 Å². The smallest absolute Gasteiger partial charge is 0.316 e. The first-order valence-corrected chi connectivity index (χ1v) is 10.2. The van der Waals surface area contributed by atoms with Crippen molar-refractivity contribution in [2.24, 2.45) is 0 Å². The zero-order valence-electron chi connectivity index (χ0n) is 15.9. The number of oxazole rings is 1. The number of nitrogens with zero attached hydrogens (tertiary/aromatic N) is 1. The lowest BCUT2D eigenvalue weighted by Crippen LogP contribution is -2.11. The molecule has 2 aromatic carbocycles. The number of carbonyl (C=O) groups is 1. The highest BCUT2D eigenvalue weighted by Crippen LogP contribution is 2.23. The number of hydrogen-bond donors (Lipinski definition) is 1.